The van der Waals surface area contributed by atoms with Crippen LogP contribution in [0.15, 0.2) is 18.2 Å². The summed E-state index contributed by atoms with van der Waals surface area (Å²) in [5.74, 6) is -0.103. The normalized spacial score (nSPS) is 22.1. The van der Waals surface area contributed by atoms with Crippen molar-refractivity contribution in [3.05, 3.63) is 29.6 Å². The highest BCUT2D eigenvalue weighted by Crippen LogP contribution is 2.32. The Hall–Kier alpha value is -1.13. The van der Waals surface area contributed by atoms with Crippen molar-refractivity contribution in [2.75, 3.05) is 38.1 Å². The number of rotatable bonds is 4. The minimum absolute atomic E-state index is 0.0349. The average molecular weight is 277 g/mol. The molecule has 3 nitrogen and oxygen atoms in total. The first-order chi connectivity index (χ1) is 9.70. The molecule has 4 heteroatoms. The van der Waals surface area contributed by atoms with Crippen LogP contribution >= 0.6 is 0 Å². The molecule has 1 unspecified atom stereocenters. The van der Waals surface area contributed by atoms with Crippen molar-refractivity contribution >= 4 is 5.69 Å². The summed E-state index contributed by atoms with van der Waals surface area (Å²) < 4.78 is 14.2. The van der Waals surface area contributed by atoms with Crippen LogP contribution in [0.3, 0.4) is 0 Å². The Bertz CT molecular complexity index is 465. The number of benzene rings is 1. The maximum Gasteiger partial charge on any atom is 0.130 e. The van der Waals surface area contributed by atoms with Gasteiger partial charge in [0.25, 0.3) is 0 Å². The Kier molecular flexibility index (Phi) is 3.94. The van der Waals surface area contributed by atoms with Gasteiger partial charge >= 0.3 is 0 Å². The fourth-order valence-electron chi connectivity index (χ4n) is 3.14. The van der Waals surface area contributed by atoms with Crippen LogP contribution in [-0.2, 0) is 0 Å². The molecule has 1 saturated heterocycles. The van der Waals surface area contributed by atoms with Gasteiger partial charge in [-0.2, -0.15) is 0 Å². The third-order valence-electron chi connectivity index (χ3n) is 4.61. The van der Waals surface area contributed by atoms with Gasteiger partial charge in [-0.25, -0.2) is 4.39 Å². The summed E-state index contributed by atoms with van der Waals surface area (Å²) in [7, 11) is 1.88. The number of piperazine rings is 1. The van der Waals surface area contributed by atoms with Crippen LogP contribution in [0.4, 0.5) is 10.1 Å². The molecule has 0 radical (unpaired) electrons. The molecule has 1 aromatic rings. The second kappa shape index (κ2) is 5.70. The van der Waals surface area contributed by atoms with Gasteiger partial charge in [-0.1, -0.05) is 6.07 Å². The predicted molar refractivity (Wildman–Crippen MR) is 80.7 cm³/mol. The van der Waals surface area contributed by atoms with Crippen molar-refractivity contribution in [2.45, 2.75) is 31.8 Å². The van der Waals surface area contributed by atoms with Crippen LogP contribution < -0.4 is 10.2 Å². The Morgan fingerprint density at radius 3 is 2.50 bits per heavy atom. The number of hydrogen-bond acceptors (Lipinski definition) is 3. The van der Waals surface area contributed by atoms with Crippen molar-refractivity contribution in [2.24, 2.45) is 0 Å². The lowest BCUT2D eigenvalue weighted by Gasteiger charge is -2.37. The standard InChI is InChI=1S/C16H24FN3/c1-12(18-2)16-14(17)4-3-5-15(16)20-10-8-19(9-11-20)13-6-7-13/h3-5,12-13,18H,6-11H2,1-2H3. The summed E-state index contributed by atoms with van der Waals surface area (Å²) in [6.07, 6.45) is 2.73. The molecule has 1 aliphatic heterocycles. The van der Waals surface area contributed by atoms with Crippen LogP contribution in [0.25, 0.3) is 0 Å². The lowest BCUT2D eigenvalue weighted by molar-refractivity contribution is 0.248. The first-order valence-corrected chi connectivity index (χ1v) is 7.65. The molecule has 2 fully saturated rings. The maximum atomic E-state index is 14.2. The second-order valence-electron chi connectivity index (χ2n) is 5.94. The summed E-state index contributed by atoms with van der Waals surface area (Å²) in [6, 6.07) is 6.31. The molecule has 1 aromatic carbocycles. The van der Waals surface area contributed by atoms with Crippen molar-refractivity contribution in [3.8, 4) is 0 Å². The Balaban J connectivity index is 1.78. The molecule has 1 heterocycles. The highest BCUT2D eigenvalue weighted by atomic mass is 19.1. The summed E-state index contributed by atoms with van der Waals surface area (Å²) in [6.45, 7) is 6.23. The van der Waals surface area contributed by atoms with Gasteiger partial charge in [-0.15, -0.1) is 0 Å². The second-order valence-corrected chi connectivity index (χ2v) is 5.94. The minimum Gasteiger partial charge on any atom is -0.369 e. The molecule has 0 aromatic heterocycles. The number of anilines is 1. The van der Waals surface area contributed by atoms with E-state index in [0.29, 0.717) is 0 Å². The molecule has 0 amide bonds. The molecule has 110 valence electrons. The summed E-state index contributed by atoms with van der Waals surface area (Å²) >= 11 is 0. The molecule has 1 aliphatic carbocycles. The highest BCUT2D eigenvalue weighted by molar-refractivity contribution is 5.56. The number of hydrogen-bond donors (Lipinski definition) is 1. The minimum atomic E-state index is -0.103. The van der Waals surface area contributed by atoms with E-state index < -0.39 is 0 Å². The fourth-order valence-corrected chi connectivity index (χ4v) is 3.14. The quantitative estimate of drug-likeness (QED) is 0.911. The molecule has 20 heavy (non-hydrogen) atoms. The van der Waals surface area contributed by atoms with Gasteiger partial charge in [0.1, 0.15) is 5.82 Å². The van der Waals surface area contributed by atoms with E-state index >= 15 is 0 Å². The highest BCUT2D eigenvalue weighted by Gasteiger charge is 2.32. The van der Waals surface area contributed by atoms with Gasteiger partial charge in [0.15, 0.2) is 0 Å². The van der Waals surface area contributed by atoms with Crippen LogP contribution in [-0.4, -0.2) is 44.2 Å². The predicted octanol–water partition coefficient (Wildman–Crippen LogP) is 2.39. The Morgan fingerprint density at radius 2 is 1.90 bits per heavy atom. The molecule has 1 atom stereocenters. The molecule has 3 rings (SSSR count). The van der Waals surface area contributed by atoms with E-state index in [4.69, 9.17) is 0 Å². The molecular weight excluding hydrogens is 253 g/mol. The van der Waals surface area contributed by atoms with E-state index in [9.17, 15) is 4.39 Å². The zero-order valence-electron chi connectivity index (χ0n) is 12.4. The largest absolute Gasteiger partial charge is 0.369 e. The van der Waals surface area contributed by atoms with Crippen molar-refractivity contribution < 1.29 is 4.39 Å². The first-order valence-electron chi connectivity index (χ1n) is 7.65. The fraction of sp³-hybridized carbons (Fsp3) is 0.625. The van der Waals surface area contributed by atoms with Crippen molar-refractivity contribution in [1.29, 1.82) is 0 Å². The van der Waals surface area contributed by atoms with E-state index in [1.807, 2.05) is 20.0 Å². The molecule has 0 bridgehead atoms. The summed E-state index contributed by atoms with van der Waals surface area (Å²) in [5.41, 5.74) is 1.86. The Morgan fingerprint density at radius 1 is 1.20 bits per heavy atom. The van der Waals surface area contributed by atoms with Gasteiger partial charge < -0.3 is 10.2 Å². The SMILES string of the molecule is CNC(C)c1c(F)cccc1N1CCN(C2CC2)CC1. The van der Waals surface area contributed by atoms with Crippen LogP contribution in [0, 0.1) is 5.82 Å². The lowest BCUT2D eigenvalue weighted by Crippen LogP contribution is -2.47. The topological polar surface area (TPSA) is 18.5 Å². The van der Waals surface area contributed by atoms with Crippen molar-refractivity contribution in [1.82, 2.24) is 10.2 Å². The number of nitrogens with one attached hydrogen (secondary N) is 1. The van der Waals surface area contributed by atoms with Crippen LogP contribution in [0.2, 0.25) is 0 Å². The third kappa shape index (κ3) is 2.67. The van der Waals surface area contributed by atoms with E-state index in [1.165, 1.54) is 12.8 Å². The van der Waals surface area contributed by atoms with Gasteiger partial charge in [0.05, 0.1) is 0 Å². The van der Waals surface area contributed by atoms with Crippen LogP contribution in [0.1, 0.15) is 31.4 Å². The zero-order valence-corrected chi connectivity index (χ0v) is 12.4. The average Bonchev–Trinajstić information content (AvgIpc) is 3.31. The van der Waals surface area contributed by atoms with Gasteiger partial charge in [0.2, 0.25) is 0 Å². The summed E-state index contributed by atoms with van der Waals surface area (Å²) in [5, 5.41) is 3.16. The number of halogens is 1. The number of nitrogens with zero attached hydrogens (tertiary/aromatic N) is 2. The van der Waals surface area contributed by atoms with E-state index in [1.54, 1.807) is 6.07 Å². The first kappa shape index (κ1) is 13.8. The molecular formula is C16H24FN3. The van der Waals surface area contributed by atoms with Gasteiger partial charge in [-0.05, 0) is 38.9 Å². The van der Waals surface area contributed by atoms with E-state index in [0.717, 1.165) is 43.5 Å². The van der Waals surface area contributed by atoms with Crippen LogP contribution in [0.5, 0.6) is 0 Å². The van der Waals surface area contributed by atoms with E-state index in [2.05, 4.69) is 21.2 Å². The molecule has 0 spiro atoms. The third-order valence-corrected chi connectivity index (χ3v) is 4.61. The zero-order chi connectivity index (χ0) is 14.1. The molecule has 2 aliphatic rings. The van der Waals surface area contributed by atoms with Crippen molar-refractivity contribution in [3.63, 3.8) is 0 Å². The maximum absolute atomic E-state index is 14.2. The Labute approximate surface area is 120 Å². The lowest BCUT2D eigenvalue weighted by atomic mass is 10.0. The van der Waals surface area contributed by atoms with E-state index in [-0.39, 0.29) is 11.9 Å². The monoisotopic (exact) mass is 277 g/mol. The summed E-state index contributed by atoms with van der Waals surface area (Å²) in [4.78, 5) is 4.92. The molecule has 1 saturated carbocycles. The smallest absolute Gasteiger partial charge is 0.130 e. The van der Waals surface area contributed by atoms with Gasteiger partial charge in [-0.3, -0.25) is 4.90 Å². The molecule has 1 N–H and O–H groups in total. The van der Waals surface area contributed by atoms with Gasteiger partial charge in [0, 0.05) is 49.5 Å².